The van der Waals surface area contributed by atoms with E-state index in [4.69, 9.17) is 18.6 Å². The van der Waals surface area contributed by atoms with Gasteiger partial charge in [0.2, 0.25) is 11.2 Å². The molecule has 25 heavy (non-hydrogen) atoms. The highest BCUT2D eigenvalue weighted by Crippen LogP contribution is 2.40. The molecular formula is C18H16O7. The van der Waals surface area contributed by atoms with Gasteiger partial charge in [0.25, 0.3) is 0 Å². The number of hydrogen-bond donors (Lipinski definition) is 2. The molecule has 0 aliphatic carbocycles. The average molecular weight is 344 g/mol. The van der Waals surface area contributed by atoms with E-state index in [1.54, 1.807) is 0 Å². The number of aromatic hydroxyl groups is 2. The standard InChI is InChI=1S/C18H16O7/c1-22-10-6-12(19)16-14(7-10)25-8-11(17(16)21)9-4-13(20)18(24-3)15(5-9)23-2/h4-8,19-20H,1-3H3. The van der Waals surface area contributed by atoms with E-state index in [0.717, 1.165) is 0 Å². The normalized spacial score (nSPS) is 10.7. The first-order chi connectivity index (χ1) is 12.0. The van der Waals surface area contributed by atoms with Crippen molar-refractivity contribution >= 4 is 11.0 Å². The number of phenolic OH excluding ortho intramolecular Hbond substituents is 2. The van der Waals surface area contributed by atoms with Crippen LogP contribution >= 0.6 is 0 Å². The number of hydrogen-bond acceptors (Lipinski definition) is 7. The molecule has 0 saturated heterocycles. The second-order valence-electron chi connectivity index (χ2n) is 5.23. The van der Waals surface area contributed by atoms with E-state index in [0.29, 0.717) is 11.3 Å². The van der Waals surface area contributed by atoms with Crippen LogP contribution in [0.3, 0.4) is 0 Å². The molecule has 3 rings (SSSR count). The highest BCUT2D eigenvalue weighted by atomic mass is 16.5. The van der Waals surface area contributed by atoms with Gasteiger partial charge in [-0.15, -0.1) is 0 Å². The largest absolute Gasteiger partial charge is 0.507 e. The van der Waals surface area contributed by atoms with Gasteiger partial charge in [-0.1, -0.05) is 0 Å². The van der Waals surface area contributed by atoms with Crippen LogP contribution in [0.4, 0.5) is 0 Å². The third kappa shape index (κ3) is 2.69. The zero-order chi connectivity index (χ0) is 18.1. The number of methoxy groups -OCH3 is 3. The van der Waals surface area contributed by atoms with Crippen molar-refractivity contribution in [2.24, 2.45) is 0 Å². The zero-order valence-corrected chi connectivity index (χ0v) is 13.8. The van der Waals surface area contributed by atoms with Crippen LogP contribution in [-0.4, -0.2) is 31.5 Å². The van der Waals surface area contributed by atoms with Gasteiger partial charge in [-0.25, -0.2) is 0 Å². The fourth-order valence-electron chi connectivity index (χ4n) is 2.62. The minimum atomic E-state index is -0.451. The summed E-state index contributed by atoms with van der Waals surface area (Å²) < 4.78 is 20.8. The van der Waals surface area contributed by atoms with E-state index >= 15 is 0 Å². The van der Waals surface area contributed by atoms with Crippen molar-refractivity contribution in [2.45, 2.75) is 0 Å². The lowest BCUT2D eigenvalue weighted by atomic mass is 10.0. The third-order valence-electron chi connectivity index (χ3n) is 3.84. The molecule has 2 aromatic carbocycles. The zero-order valence-electron chi connectivity index (χ0n) is 13.8. The van der Waals surface area contributed by atoms with E-state index in [9.17, 15) is 15.0 Å². The SMILES string of the molecule is COc1cc(O)c2c(=O)c(-c3cc(O)c(OC)c(OC)c3)coc2c1. The summed E-state index contributed by atoms with van der Waals surface area (Å²) in [7, 11) is 4.26. The average Bonchev–Trinajstić information content (AvgIpc) is 2.60. The van der Waals surface area contributed by atoms with Crippen LogP contribution < -0.4 is 19.6 Å². The van der Waals surface area contributed by atoms with Crippen LogP contribution in [0.1, 0.15) is 0 Å². The fraction of sp³-hybridized carbons (Fsp3) is 0.167. The second kappa shape index (κ2) is 6.27. The molecule has 0 saturated carbocycles. The quantitative estimate of drug-likeness (QED) is 0.751. The third-order valence-corrected chi connectivity index (χ3v) is 3.84. The molecule has 1 aromatic heterocycles. The predicted molar refractivity (Wildman–Crippen MR) is 90.9 cm³/mol. The summed E-state index contributed by atoms with van der Waals surface area (Å²) in [4.78, 5) is 12.8. The highest BCUT2D eigenvalue weighted by molar-refractivity contribution is 5.88. The second-order valence-corrected chi connectivity index (χ2v) is 5.23. The molecule has 7 nitrogen and oxygen atoms in total. The number of ether oxygens (including phenoxy) is 3. The van der Waals surface area contributed by atoms with Crippen molar-refractivity contribution in [3.05, 3.63) is 40.8 Å². The number of phenols is 2. The minimum Gasteiger partial charge on any atom is -0.507 e. The van der Waals surface area contributed by atoms with Crippen LogP contribution in [0.5, 0.6) is 28.7 Å². The van der Waals surface area contributed by atoms with Gasteiger partial charge in [-0.3, -0.25) is 4.79 Å². The van der Waals surface area contributed by atoms with E-state index in [1.807, 2.05) is 0 Å². The first-order valence-electron chi connectivity index (χ1n) is 7.28. The van der Waals surface area contributed by atoms with Crippen molar-refractivity contribution in [3.8, 4) is 39.9 Å². The molecule has 0 spiro atoms. The molecule has 2 N–H and O–H groups in total. The summed E-state index contributed by atoms with van der Waals surface area (Å²) >= 11 is 0. The lowest BCUT2D eigenvalue weighted by molar-refractivity contribution is 0.333. The smallest absolute Gasteiger partial charge is 0.204 e. The first kappa shape index (κ1) is 16.5. The van der Waals surface area contributed by atoms with Gasteiger partial charge in [-0.2, -0.15) is 0 Å². The van der Waals surface area contributed by atoms with Crippen LogP contribution in [-0.2, 0) is 0 Å². The lowest BCUT2D eigenvalue weighted by Gasteiger charge is -2.12. The van der Waals surface area contributed by atoms with Crippen molar-refractivity contribution < 1.29 is 28.8 Å². The summed E-state index contributed by atoms with van der Waals surface area (Å²) in [5.74, 6) is 0.342. The molecule has 0 aliphatic heterocycles. The summed E-state index contributed by atoms with van der Waals surface area (Å²) in [5.41, 5.74) is 0.258. The Balaban J connectivity index is 2.27. The molecular weight excluding hydrogens is 328 g/mol. The summed E-state index contributed by atoms with van der Waals surface area (Å²) in [5, 5.41) is 20.2. The van der Waals surface area contributed by atoms with Crippen LogP contribution in [0.2, 0.25) is 0 Å². The molecule has 0 fully saturated rings. The molecule has 0 amide bonds. The van der Waals surface area contributed by atoms with Crippen molar-refractivity contribution in [1.82, 2.24) is 0 Å². The topological polar surface area (TPSA) is 98.4 Å². The van der Waals surface area contributed by atoms with Gasteiger partial charge < -0.3 is 28.8 Å². The number of benzene rings is 2. The minimum absolute atomic E-state index is 0.0209. The Bertz CT molecular complexity index is 1000. The van der Waals surface area contributed by atoms with Gasteiger partial charge >= 0.3 is 0 Å². The predicted octanol–water partition coefficient (Wildman–Crippen LogP) is 2.90. The maximum Gasteiger partial charge on any atom is 0.204 e. The van der Waals surface area contributed by atoms with Gasteiger partial charge in [0.1, 0.15) is 28.7 Å². The van der Waals surface area contributed by atoms with Crippen molar-refractivity contribution in [1.29, 1.82) is 0 Å². The van der Waals surface area contributed by atoms with E-state index in [2.05, 4.69) is 0 Å². The van der Waals surface area contributed by atoms with E-state index in [-0.39, 0.29) is 39.5 Å². The van der Waals surface area contributed by atoms with Gasteiger partial charge in [0, 0.05) is 12.1 Å². The maximum atomic E-state index is 12.8. The lowest BCUT2D eigenvalue weighted by Crippen LogP contribution is -2.05. The van der Waals surface area contributed by atoms with E-state index in [1.165, 1.54) is 51.9 Å². The molecule has 0 atom stereocenters. The van der Waals surface area contributed by atoms with Gasteiger partial charge in [0.15, 0.2) is 11.5 Å². The first-order valence-corrected chi connectivity index (χ1v) is 7.28. The Labute approximate surface area is 142 Å². The fourth-order valence-corrected chi connectivity index (χ4v) is 2.62. The maximum absolute atomic E-state index is 12.8. The Morgan fingerprint density at radius 1 is 0.920 bits per heavy atom. The Kier molecular flexibility index (Phi) is 4.14. The molecule has 130 valence electrons. The highest BCUT2D eigenvalue weighted by Gasteiger charge is 2.18. The molecule has 1 heterocycles. The van der Waals surface area contributed by atoms with E-state index < -0.39 is 5.43 Å². The Morgan fingerprint density at radius 3 is 2.32 bits per heavy atom. The Morgan fingerprint density at radius 2 is 1.68 bits per heavy atom. The Hall–Kier alpha value is -3.35. The molecule has 0 bridgehead atoms. The molecule has 3 aromatic rings. The van der Waals surface area contributed by atoms with Crippen molar-refractivity contribution in [2.75, 3.05) is 21.3 Å². The van der Waals surface area contributed by atoms with Crippen LogP contribution in [0.15, 0.2) is 39.7 Å². The number of fused-ring (bicyclic) bond motifs is 1. The molecule has 7 heteroatoms. The monoisotopic (exact) mass is 344 g/mol. The van der Waals surface area contributed by atoms with Gasteiger partial charge in [0.05, 0.1) is 26.9 Å². The summed E-state index contributed by atoms with van der Waals surface area (Å²) in [6.45, 7) is 0. The van der Waals surface area contributed by atoms with Crippen LogP contribution in [0, 0.1) is 0 Å². The molecule has 0 radical (unpaired) electrons. The number of rotatable bonds is 4. The molecule has 0 aliphatic rings. The van der Waals surface area contributed by atoms with Crippen LogP contribution in [0.25, 0.3) is 22.1 Å². The summed E-state index contributed by atoms with van der Waals surface area (Å²) in [6.07, 6.45) is 1.25. The van der Waals surface area contributed by atoms with Crippen molar-refractivity contribution in [3.63, 3.8) is 0 Å². The summed E-state index contributed by atoms with van der Waals surface area (Å²) in [6, 6.07) is 5.73. The van der Waals surface area contributed by atoms with Gasteiger partial charge in [-0.05, 0) is 17.7 Å². The molecule has 0 unspecified atom stereocenters.